The highest BCUT2D eigenvalue weighted by Crippen LogP contribution is 2.36. The van der Waals surface area contributed by atoms with Crippen molar-refractivity contribution in [3.05, 3.63) is 53.6 Å². The van der Waals surface area contributed by atoms with Crippen LogP contribution in [0.25, 0.3) is 11.1 Å². The van der Waals surface area contributed by atoms with Gasteiger partial charge in [0.1, 0.15) is 0 Å². The Bertz CT molecular complexity index is 637. The first-order valence-corrected chi connectivity index (χ1v) is 7.39. The third kappa shape index (κ3) is 2.32. The molecule has 3 heteroatoms. The highest BCUT2D eigenvalue weighted by molar-refractivity contribution is 6.18. The van der Waals surface area contributed by atoms with Crippen LogP contribution in [-0.2, 0) is 6.42 Å². The number of fused-ring (bicyclic) bond motifs is 1. The average Bonchev–Trinajstić information content (AvgIpc) is 2.88. The highest BCUT2D eigenvalue weighted by atomic mass is 35.5. The maximum atomic E-state index is 12.2. The molecular formula is C17H16ClNO. The fourth-order valence-corrected chi connectivity index (χ4v) is 2.90. The third-order valence-electron chi connectivity index (χ3n) is 3.69. The summed E-state index contributed by atoms with van der Waals surface area (Å²) < 4.78 is 0. The van der Waals surface area contributed by atoms with Crippen LogP contribution in [0.4, 0.5) is 5.69 Å². The van der Waals surface area contributed by atoms with Gasteiger partial charge in [-0.2, -0.15) is 0 Å². The smallest absolute Gasteiger partial charge is 0.165 e. The van der Waals surface area contributed by atoms with Gasteiger partial charge in [0.2, 0.25) is 0 Å². The topological polar surface area (TPSA) is 29.1 Å². The lowest BCUT2D eigenvalue weighted by molar-refractivity contribution is 0.0995. The van der Waals surface area contributed by atoms with Crippen LogP contribution in [-0.4, -0.2) is 18.2 Å². The molecular weight excluding hydrogens is 270 g/mol. The maximum Gasteiger partial charge on any atom is 0.165 e. The molecule has 0 atom stereocenters. The van der Waals surface area contributed by atoms with Crippen LogP contribution in [0.5, 0.6) is 0 Å². The van der Waals surface area contributed by atoms with Crippen molar-refractivity contribution >= 4 is 23.1 Å². The molecule has 0 saturated carbocycles. The monoisotopic (exact) mass is 285 g/mol. The Morgan fingerprint density at radius 3 is 2.60 bits per heavy atom. The summed E-state index contributed by atoms with van der Waals surface area (Å²) in [6.45, 7) is 0.673. The Morgan fingerprint density at radius 2 is 1.85 bits per heavy atom. The predicted octanol–water partition coefficient (Wildman–Crippen LogP) is 4.13. The summed E-state index contributed by atoms with van der Waals surface area (Å²) in [5, 5.41) is 3.25. The summed E-state index contributed by atoms with van der Waals surface area (Å²) in [5.74, 6) is 0.762. The maximum absolute atomic E-state index is 12.2. The van der Waals surface area contributed by atoms with Crippen molar-refractivity contribution in [1.82, 2.24) is 0 Å². The van der Waals surface area contributed by atoms with E-state index >= 15 is 0 Å². The zero-order chi connectivity index (χ0) is 13.9. The third-order valence-corrected chi connectivity index (χ3v) is 3.88. The minimum Gasteiger partial charge on any atom is -0.383 e. The van der Waals surface area contributed by atoms with Gasteiger partial charge in [0, 0.05) is 30.1 Å². The summed E-state index contributed by atoms with van der Waals surface area (Å²) in [6.07, 6.45) is 1.43. The van der Waals surface area contributed by atoms with Gasteiger partial charge in [0.15, 0.2) is 5.78 Å². The number of carbonyl (C=O) groups excluding carboxylic acids is 1. The molecule has 1 aliphatic rings. The first kappa shape index (κ1) is 13.2. The molecule has 1 aliphatic carbocycles. The van der Waals surface area contributed by atoms with Crippen LogP contribution < -0.4 is 5.32 Å². The summed E-state index contributed by atoms with van der Waals surface area (Å²) in [6, 6.07) is 14.3. The van der Waals surface area contributed by atoms with E-state index in [0.29, 0.717) is 18.8 Å². The molecule has 102 valence electrons. The molecule has 0 bridgehead atoms. The number of halogens is 1. The largest absolute Gasteiger partial charge is 0.383 e. The quantitative estimate of drug-likeness (QED) is 0.856. The molecule has 0 unspecified atom stereocenters. The molecule has 20 heavy (non-hydrogen) atoms. The highest BCUT2D eigenvalue weighted by Gasteiger charge is 2.25. The second kappa shape index (κ2) is 5.68. The lowest BCUT2D eigenvalue weighted by atomic mass is 9.95. The van der Waals surface area contributed by atoms with Crippen molar-refractivity contribution in [2.24, 2.45) is 0 Å². The number of benzene rings is 2. The van der Waals surface area contributed by atoms with E-state index in [1.807, 2.05) is 24.3 Å². The zero-order valence-corrected chi connectivity index (χ0v) is 11.9. The van der Waals surface area contributed by atoms with E-state index in [0.717, 1.165) is 17.7 Å². The van der Waals surface area contributed by atoms with E-state index in [1.54, 1.807) is 0 Å². The van der Waals surface area contributed by atoms with Gasteiger partial charge >= 0.3 is 0 Å². The molecule has 0 heterocycles. The Morgan fingerprint density at radius 1 is 1.05 bits per heavy atom. The van der Waals surface area contributed by atoms with Gasteiger partial charge < -0.3 is 5.32 Å². The Kier molecular flexibility index (Phi) is 3.75. The minimum atomic E-state index is 0.231. The number of ketones is 1. The predicted molar refractivity (Wildman–Crippen MR) is 83.7 cm³/mol. The molecule has 2 aromatic rings. The van der Waals surface area contributed by atoms with Crippen molar-refractivity contribution in [2.75, 3.05) is 17.7 Å². The van der Waals surface area contributed by atoms with Crippen LogP contribution in [0.1, 0.15) is 22.3 Å². The Balaban J connectivity index is 2.09. The number of Topliss-reactive ketones (excluding diaryl/α,β-unsaturated/α-hetero) is 1. The number of anilines is 1. The summed E-state index contributed by atoms with van der Waals surface area (Å²) in [5.41, 5.74) is 5.28. The first-order chi connectivity index (χ1) is 9.81. The number of hydrogen-bond donors (Lipinski definition) is 1. The van der Waals surface area contributed by atoms with Gasteiger partial charge in [-0.25, -0.2) is 0 Å². The molecule has 0 aromatic heterocycles. The van der Waals surface area contributed by atoms with Gasteiger partial charge in [-0.05, 0) is 29.2 Å². The van der Waals surface area contributed by atoms with Gasteiger partial charge in [-0.1, -0.05) is 36.4 Å². The molecule has 0 spiro atoms. The van der Waals surface area contributed by atoms with E-state index in [4.69, 9.17) is 11.6 Å². The molecule has 0 saturated heterocycles. The second-order valence-electron chi connectivity index (χ2n) is 4.92. The number of rotatable bonds is 4. The molecule has 1 N–H and O–H groups in total. The molecule has 2 aromatic carbocycles. The standard InChI is InChI=1S/C17H16ClNO/c18-10-11-19-15-8-6-13(12-4-2-1-3-5-12)14-7-9-16(20)17(14)15/h1-6,8,19H,7,9-11H2. The SMILES string of the molecule is O=C1CCc2c(-c3ccccc3)ccc(NCCCl)c21. The van der Waals surface area contributed by atoms with Crippen LogP contribution in [0, 0.1) is 0 Å². The molecule has 0 amide bonds. The van der Waals surface area contributed by atoms with Gasteiger partial charge in [-0.15, -0.1) is 11.6 Å². The van der Waals surface area contributed by atoms with Crippen LogP contribution >= 0.6 is 11.6 Å². The number of nitrogens with one attached hydrogen (secondary N) is 1. The number of carbonyl (C=O) groups is 1. The summed E-state index contributed by atoms with van der Waals surface area (Å²) >= 11 is 5.72. The zero-order valence-electron chi connectivity index (χ0n) is 11.2. The van der Waals surface area contributed by atoms with E-state index in [9.17, 15) is 4.79 Å². The van der Waals surface area contributed by atoms with Crippen LogP contribution in [0.15, 0.2) is 42.5 Å². The van der Waals surface area contributed by atoms with Crippen molar-refractivity contribution < 1.29 is 4.79 Å². The lowest BCUT2D eigenvalue weighted by Gasteiger charge is -2.13. The van der Waals surface area contributed by atoms with Crippen molar-refractivity contribution in [1.29, 1.82) is 0 Å². The second-order valence-corrected chi connectivity index (χ2v) is 5.30. The molecule has 0 fully saturated rings. The van der Waals surface area contributed by atoms with Crippen molar-refractivity contribution in [3.8, 4) is 11.1 Å². The van der Waals surface area contributed by atoms with Gasteiger partial charge in [-0.3, -0.25) is 4.79 Å². The fraction of sp³-hybridized carbons (Fsp3) is 0.235. The van der Waals surface area contributed by atoms with Crippen molar-refractivity contribution in [3.63, 3.8) is 0 Å². The van der Waals surface area contributed by atoms with E-state index in [-0.39, 0.29) is 5.78 Å². The summed E-state index contributed by atoms with van der Waals surface area (Å²) in [7, 11) is 0. The average molecular weight is 286 g/mol. The van der Waals surface area contributed by atoms with Gasteiger partial charge in [0.05, 0.1) is 0 Å². The normalized spacial score (nSPS) is 13.3. The summed E-state index contributed by atoms with van der Waals surface area (Å²) in [4.78, 5) is 12.2. The van der Waals surface area contributed by atoms with E-state index in [2.05, 4.69) is 23.5 Å². The first-order valence-electron chi connectivity index (χ1n) is 6.85. The minimum absolute atomic E-state index is 0.231. The number of hydrogen-bond acceptors (Lipinski definition) is 2. The van der Waals surface area contributed by atoms with Gasteiger partial charge in [0.25, 0.3) is 0 Å². The lowest BCUT2D eigenvalue weighted by Crippen LogP contribution is -2.07. The molecule has 3 rings (SSSR count). The van der Waals surface area contributed by atoms with E-state index in [1.165, 1.54) is 16.7 Å². The van der Waals surface area contributed by atoms with Crippen molar-refractivity contribution in [2.45, 2.75) is 12.8 Å². The Labute approximate surface area is 123 Å². The van der Waals surface area contributed by atoms with Crippen LogP contribution in [0.3, 0.4) is 0 Å². The molecule has 0 radical (unpaired) electrons. The molecule has 2 nitrogen and oxygen atoms in total. The van der Waals surface area contributed by atoms with E-state index < -0.39 is 0 Å². The van der Waals surface area contributed by atoms with Crippen LogP contribution in [0.2, 0.25) is 0 Å². The Hall–Kier alpha value is -1.80. The fourth-order valence-electron chi connectivity index (χ4n) is 2.81. The number of alkyl halides is 1. The molecule has 0 aliphatic heterocycles.